The van der Waals surface area contributed by atoms with Gasteiger partial charge in [0.25, 0.3) is 0 Å². The summed E-state index contributed by atoms with van der Waals surface area (Å²) in [6.07, 6.45) is 16.2. The van der Waals surface area contributed by atoms with E-state index >= 15 is 0 Å². The minimum Gasteiger partial charge on any atom is -0.462 e. The van der Waals surface area contributed by atoms with Gasteiger partial charge in [-0.15, -0.1) is 0 Å². The normalized spacial score (nSPS) is 30.5. The fraction of sp³-hybridized carbons (Fsp3) is 0.905. The summed E-state index contributed by atoms with van der Waals surface area (Å²) in [4.78, 5) is 12.4. The van der Waals surface area contributed by atoms with Crippen LogP contribution in [0, 0.1) is 29.1 Å². The average molecular weight is 334 g/mol. The molecule has 2 fully saturated rings. The molecule has 136 valence electrons. The van der Waals surface area contributed by atoms with E-state index in [1.165, 1.54) is 51.4 Å². The summed E-state index contributed by atoms with van der Waals surface area (Å²) in [5, 5.41) is 8.93. The van der Waals surface area contributed by atoms with Gasteiger partial charge in [-0.2, -0.15) is 5.26 Å². The first-order valence-electron chi connectivity index (χ1n) is 10.3. The summed E-state index contributed by atoms with van der Waals surface area (Å²) in [7, 11) is 0. The fourth-order valence-electron chi connectivity index (χ4n) is 4.29. The number of unbranched alkanes of at least 4 members (excludes halogenated alkanes) is 4. The van der Waals surface area contributed by atoms with Crippen LogP contribution in [0.5, 0.6) is 0 Å². The molecule has 24 heavy (non-hydrogen) atoms. The van der Waals surface area contributed by atoms with Gasteiger partial charge in [-0.3, -0.25) is 4.79 Å². The van der Waals surface area contributed by atoms with Gasteiger partial charge in [0.2, 0.25) is 0 Å². The van der Waals surface area contributed by atoms with Crippen LogP contribution in [-0.4, -0.2) is 12.1 Å². The maximum Gasteiger partial charge on any atom is 0.309 e. The van der Waals surface area contributed by atoms with E-state index in [9.17, 15) is 4.79 Å². The summed E-state index contributed by atoms with van der Waals surface area (Å²) in [5.74, 6) is 1.18. The van der Waals surface area contributed by atoms with Crippen molar-refractivity contribution in [2.75, 3.05) is 0 Å². The molecule has 0 bridgehead atoms. The largest absolute Gasteiger partial charge is 0.462 e. The molecule has 2 rings (SSSR count). The molecule has 0 saturated heterocycles. The highest BCUT2D eigenvalue weighted by Crippen LogP contribution is 2.34. The molecule has 0 aromatic carbocycles. The monoisotopic (exact) mass is 333 g/mol. The molecule has 2 aliphatic carbocycles. The molecule has 2 saturated carbocycles. The number of nitriles is 1. The minimum atomic E-state index is 0.0387. The molecule has 0 aromatic rings. The van der Waals surface area contributed by atoms with Crippen LogP contribution in [0.4, 0.5) is 0 Å². The second kappa shape index (κ2) is 10.7. The van der Waals surface area contributed by atoms with Crippen molar-refractivity contribution in [2.45, 2.75) is 103 Å². The van der Waals surface area contributed by atoms with Crippen LogP contribution in [0.25, 0.3) is 0 Å². The highest BCUT2D eigenvalue weighted by atomic mass is 16.5. The molecule has 0 heterocycles. The Labute approximate surface area is 148 Å². The number of ether oxygens (including phenoxy) is 1. The van der Waals surface area contributed by atoms with Crippen molar-refractivity contribution in [3.05, 3.63) is 0 Å². The Hall–Kier alpha value is -1.04. The van der Waals surface area contributed by atoms with E-state index in [1.807, 2.05) is 0 Å². The van der Waals surface area contributed by atoms with Gasteiger partial charge in [0, 0.05) is 5.92 Å². The van der Waals surface area contributed by atoms with Crippen LogP contribution in [0.2, 0.25) is 0 Å². The Bertz CT molecular complexity index is 399. The lowest BCUT2D eigenvalue weighted by Gasteiger charge is -2.30. The number of carbonyl (C=O) groups excluding carboxylic acids is 1. The Morgan fingerprint density at radius 2 is 1.62 bits per heavy atom. The molecule has 0 amide bonds. The smallest absolute Gasteiger partial charge is 0.309 e. The number of hydrogen-bond acceptors (Lipinski definition) is 3. The molecule has 0 aliphatic heterocycles. The van der Waals surface area contributed by atoms with Gasteiger partial charge in [0.05, 0.1) is 12.0 Å². The molecule has 0 unspecified atom stereocenters. The second-order valence-corrected chi connectivity index (χ2v) is 7.96. The SMILES string of the molecule is CCCCCCCC1CCC(C(=O)OC2CCC(C#N)CC2)CC1. The molecule has 0 N–H and O–H groups in total. The van der Waals surface area contributed by atoms with Crippen LogP contribution in [0.1, 0.15) is 96.8 Å². The van der Waals surface area contributed by atoms with Crippen molar-refractivity contribution in [3.8, 4) is 6.07 Å². The van der Waals surface area contributed by atoms with Crippen LogP contribution in [0.15, 0.2) is 0 Å². The standard InChI is InChI=1S/C21H35NO2/c1-2-3-4-5-6-7-17-8-12-19(13-9-17)21(23)24-20-14-10-18(16-22)11-15-20/h17-20H,2-15H2,1H3. The van der Waals surface area contributed by atoms with Crippen LogP contribution in [-0.2, 0) is 9.53 Å². The third-order valence-corrected chi connectivity index (χ3v) is 6.04. The summed E-state index contributed by atoms with van der Waals surface area (Å²) in [6, 6.07) is 2.33. The first-order chi connectivity index (χ1) is 11.7. The molecule has 2 aliphatic rings. The lowest BCUT2D eigenvalue weighted by molar-refractivity contribution is -0.157. The third kappa shape index (κ3) is 6.46. The van der Waals surface area contributed by atoms with Crippen LogP contribution < -0.4 is 0 Å². The second-order valence-electron chi connectivity index (χ2n) is 7.96. The molecule has 0 atom stereocenters. The maximum atomic E-state index is 12.4. The van der Waals surface area contributed by atoms with E-state index < -0.39 is 0 Å². The van der Waals surface area contributed by atoms with E-state index in [2.05, 4.69) is 13.0 Å². The van der Waals surface area contributed by atoms with E-state index in [0.29, 0.717) is 0 Å². The first-order valence-corrected chi connectivity index (χ1v) is 10.3. The van der Waals surface area contributed by atoms with E-state index in [-0.39, 0.29) is 23.9 Å². The Morgan fingerprint density at radius 1 is 0.958 bits per heavy atom. The minimum absolute atomic E-state index is 0.0387. The number of carbonyl (C=O) groups is 1. The summed E-state index contributed by atoms with van der Waals surface area (Å²) >= 11 is 0. The predicted molar refractivity (Wildman–Crippen MR) is 96.3 cm³/mol. The van der Waals surface area contributed by atoms with Crippen molar-refractivity contribution in [2.24, 2.45) is 17.8 Å². The predicted octanol–water partition coefficient (Wildman–Crippen LogP) is 5.78. The van der Waals surface area contributed by atoms with Crippen LogP contribution in [0.3, 0.4) is 0 Å². The van der Waals surface area contributed by atoms with Crippen molar-refractivity contribution in [1.29, 1.82) is 5.26 Å². The Morgan fingerprint density at radius 3 is 2.25 bits per heavy atom. The highest BCUT2D eigenvalue weighted by molar-refractivity contribution is 5.72. The van der Waals surface area contributed by atoms with Crippen molar-refractivity contribution in [3.63, 3.8) is 0 Å². The Kier molecular flexibility index (Phi) is 8.64. The van der Waals surface area contributed by atoms with Gasteiger partial charge < -0.3 is 4.74 Å². The van der Waals surface area contributed by atoms with E-state index in [1.54, 1.807) is 0 Å². The zero-order valence-corrected chi connectivity index (χ0v) is 15.5. The molecular formula is C21H35NO2. The van der Waals surface area contributed by atoms with Crippen molar-refractivity contribution >= 4 is 5.97 Å². The zero-order chi connectivity index (χ0) is 17.2. The molecule has 3 nitrogen and oxygen atoms in total. The van der Waals surface area contributed by atoms with Crippen molar-refractivity contribution in [1.82, 2.24) is 0 Å². The van der Waals surface area contributed by atoms with Gasteiger partial charge in [-0.25, -0.2) is 0 Å². The Balaban J connectivity index is 1.58. The third-order valence-electron chi connectivity index (χ3n) is 6.04. The number of esters is 1. The van der Waals surface area contributed by atoms with E-state index in [0.717, 1.165) is 44.4 Å². The van der Waals surface area contributed by atoms with Crippen LogP contribution >= 0.6 is 0 Å². The molecule has 0 aromatic heterocycles. The lowest BCUT2D eigenvalue weighted by atomic mass is 9.79. The average Bonchev–Trinajstić information content (AvgIpc) is 2.62. The first kappa shape index (κ1) is 19.3. The number of nitrogens with zero attached hydrogens (tertiary/aromatic N) is 1. The van der Waals surface area contributed by atoms with Gasteiger partial charge in [-0.05, 0) is 57.3 Å². The number of hydrogen-bond donors (Lipinski definition) is 0. The summed E-state index contributed by atoms with van der Waals surface area (Å²) in [6.45, 7) is 2.26. The fourth-order valence-corrected chi connectivity index (χ4v) is 4.29. The zero-order valence-electron chi connectivity index (χ0n) is 15.5. The quantitative estimate of drug-likeness (QED) is 0.418. The topological polar surface area (TPSA) is 50.1 Å². The summed E-state index contributed by atoms with van der Waals surface area (Å²) < 4.78 is 5.74. The highest BCUT2D eigenvalue weighted by Gasteiger charge is 2.30. The molecular weight excluding hydrogens is 298 g/mol. The summed E-state index contributed by atoms with van der Waals surface area (Å²) in [5.41, 5.74) is 0. The van der Waals surface area contributed by atoms with Gasteiger partial charge >= 0.3 is 5.97 Å². The van der Waals surface area contributed by atoms with E-state index in [4.69, 9.17) is 10.00 Å². The molecule has 0 radical (unpaired) electrons. The van der Waals surface area contributed by atoms with Gasteiger partial charge in [0.15, 0.2) is 0 Å². The van der Waals surface area contributed by atoms with Gasteiger partial charge in [0.1, 0.15) is 6.10 Å². The molecule has 0 spiro atoms. The molecule has 3 heteroatoms. The van der Waals surface area contributed by atoms with Crippen molar-refractivity contribution < 1.29 is 9.53 Å². The maximum absolute atomic E-state index is 12.4. The number of rotatable bonds is 8. The van der Waals surface area contributed by atoms with Gasteiger partial charge in [-0.1, -0.05) is 45.4 Å². The lowest BCUT2D eigenvalue weighted by Crippen LogP contribution is -2.30.